The molecule has 7 heteroatoms. The Balaban J connectivity index is 0.00000200. The first-order valence-corrected chi connectivity index (χ1v) is 6.57. The van der Waals surface area contributed by atoms with Gasteiger partial charge in [0.05, 0.1) is 5.56 Å². The predicted octanol–water partition coefficient (Wildman–Crippen LogP) is 4.24. The summed E-state index contributed by atoms with van der Waals surface area (Å²) in [6.45, 7) is 4.11. The van der Waals surface area contributed by atoms with Crippen molar-refractivity contribution in [2.75, 3.05) is 18.0 Å². The average molecular weight is 345 g/mol. The van der Waals surface area contributed by atoms with E-state index in [0.717, 1.165) is 37.7 Å². The van der Waals surface area contributed by atoms with Gasteiger partial charge < -0.3 is 10.6 Å². The highest BCUT2D eigenvalue weighted by molar-refractivity contribution is 5.85. The summed E-state index contributed by atoms with van der Waals surface area (Å²) in [4.78, 5) is 2.14. The Labute approximate surface area is 135 Å². The maximum atomic E-state index is 12.7. The molecule has 0 bridgehead atoms. The maximum Gasteiger partial charge on any atom is 0.416 e. The van der Waals surface area contributed by atoms with Crippen LogP contribution in [0.5, 0.6) is 0 Å². The van der Waals surface area contributed by atoms with Gasteiger partial charge in [-0.3, -0.25) is 0 Å². The summed E-state index contributed by atoms with van der Waals surface area (Å²) < 4.78 is 38.0. The van der Waals surface area contributed by atoms with Crippen molar-refractivity contribution in [3.63, 3.8) is 0 Å². The van der Waals surface area contributed by atoms with E-state index in [4.69, 9.17) is 5.73 Å². The molecule has 1 saturated heterocycles. The second-order valence-electron chi connectivity index (χ2n) is 5.21. The first kappa shape index (κ1) is 20.3. The van der Waals surface area contributed by atoms with E-state index < -0.39 is 11.7 Å². The van der Waals surface area contributed by atoms with E-state index in [2.05, 4.69) is 11.8 Å². The third-order valence-corrected chi connectivity index (χ3v) is 3.75. The fourth-order valence-corrected chi connectivity index (χ4v) is 2.48. The van der Waals surface area contributed by atoms with Gasteiger partial charge in [-0.1, -0.05) is 6.92 Å². The van der Waals surface area contributed by atoms with Crippen LogP contribution in [0, 0.1) is 5.92 Å². The largest absolute Gasteiger partial charge is 0.416 e. The molecule has 1 aliphatic heterocycles. The Kier molecular flexibility index (Phi) is 7.86. The molecule has 0 saturated carbocycles. The van der Waals surface area contributed by atoms with Crippen LogP contribution in [-0.2, 0) is 12.7 Å². The zero-order chi connectivity index (χ0) is 14.0. The molecule has 0 radical (unpaired) electrons. The zero-order valence-corrected chi connectivity index (χ0v) is 13.5. The average Bonchev–Trinajstić information content (AvgIpc) is 2.38. The molecule has 0 spiro atoms. The van der Waals surface area contributed by atoms with Gasteiger partial charge in [0.15, 0.2) is 0 Å². The highest BCUT2D eigenvalue weighted by atomic mass is 35.5. The Morgan fingerprint density at radius 3 is 2.24 bits per heavy atom. The van der Waals surface area contributed by atoms with Crippen molar-refractivity contribution in [1.82, 2.24) is 0 Å². The summed E-state index contributed by atoms with van der Waals surface area (Å²) in [5.74, 6) is 0.687. The lowest BCUT2D eigenvalue weighted by Gasteiger charge is -2.33. The fourth-order valence-electron chi connectivity index (χ4n) is 2.48. The van der Waals surface area contributed by atoms with Crippen molar-refractivity contribution in [3.05, 3.63) is 29.3 Å². The molecule has 1 heterocycles. The van der Waals surface area contributed by atoms with Crippen LogP contribution in [-0.4, -0.2) is 13.1 Å². The van der Waals surface area contributed by atoms with Crippen LogP contribution in [0.15, 0.2) is 18.2 Å². The van der Waals surface area contributed by atoms with Crippen molar-refractivity contribution in [2.24, 2.45) is 11.7 Å². The Morgan fingerprint density at radius 1 is 1.19 bits per heavy atom. The molecular weight excluding hydrogens is 324 g/mol. The number of alkyl halides is 3. The summed E-state index contributed by atoms with van der Waals surface area (Å²) in [5, 5.41) is 0. The van der Waals surface area contributed by atoms with Gasteiger partial charge in [0.2, 0.25) is 0 Å². The molecule has 0 unspecified atom stereocenters. The molecule has 1 fully saturated rings. The monoisotopic (exact) mass is 344 g/mol. The number of piperidine rings is 1. The van der Waals surface area contributed by atoms with Crippen LogP contribution >= 0.6 is 24.8 Å². The van der Waals surface area contributed by atoms with Gasteiger partial charge in [-0.05, 0) is 42.5 Å². The minimum absolute atomic E-state index is 0. The van der Waals surface area contributed by atoms with Crippen molar-refractivity contribution in [1.29, 1.82) is 0 Å². The summed E-state index contributed by atoms with van der Waals surface area (Å²) in [5.41, 5.74) is 6.40. The number of nitrogens with two attached hydrogens (primary N) is 1. The molecule has 0 aromatic heterocycles. The van der Waals surface area contributed by atoms with Gasteiger partial charge in [0, 0.05) is 25.3 Å². The summed E-state index contributed by atoms with van der Waals surface area (Å²) in [6.07, 6.45) is -2.16. The van der Waals surface area contributed by atoms with Crippen LogP contribution in [0.2, 0.25) is 0 Å². The topological polar surface area (TPSA) is 29.3 Å². The van der Waals surface area contributed by atoms with E-state index in [1.54, 1.807) is 6.07 Å². The number of rotatable bonds is 2. The lowest BCUT2D eigenvalue weighted by Crippen LogP contribution is -2.33. The second kappa shape index (κ2) is 8.11. The molecular formula is C14H21Cl2F3N2. The Morgan fingerprint density at radius 2 is 1.76 bits per heavy atom. The van der Waals surface area contributed by atoms with Crippen LogP contribution in [0.1, 0.15) is 30.9 Å². The minimum Gasteiger partial charge on any atom is -0.371 e. The smallest absolute Gasteiger partial charge is 0.371 e. The van der Waals surface area contributed by atoms with Gasteiger partial charge in [0.1, 0.15) is 0 Å². The number of halogens is 5. The molecule has 0 atom stereocenters. The van der Waals surface area contributed by atoms with Gasteiger partial charge in [-0.2, -0.15) is 13.2 Å². The fraction of sp³-hybridized carbons (Fsp3) is 0.571. The second-order valence-corrected chi connectivity index (χ2v) is 5.21. The van der Waals surface area contributed by atoms with Gasteiger partial charge >= 0.3 is 6.18 Å². The third kappa shape index (κ3) is 4.94. The molecule has 1 aliphatic rings. The molecule has 2 nitrogen and oxygen atoms in total. The van der Waals surface area contributed by atoms with Crippen LogP contribution in [0.3, 0.4) is 0 Å². The Bertz CT molecular complexity index is 444. The molecule has 2 rings (SSSR count). The number of nitrogens with zero attached hydrogens (tertiary/aromatic N) is 1. The molecule has 0 aliphatic carbocycles. The van der Waals surface area contributed by atoms with Crippen molar-refractivity contribution >= 4 is 30.5 Å². The number of hydrogen-bond donors (Lipinski definition) is 1. The van der Waals surface area contributed by atoms with Crippen molar-refractivity contribution < 1.29 is 13.2 Å². The van der Waals surface area contributed by atoms with Gasteiger partial charge in [-0.25, -0.2) is 0 Å². The normalized spacial score (nSPS) is 16.1. The predicted molar refractivity (Wildman–Crippen MR) is 84.4 cm³/mol. The first-order valence-electron chi connectivity index (χ1n) is 6.57. The SMILES string of the molecule is CC1CCN(c2ccc(C(F)(F)F)cc2CN)CC1.Cl.Cl. The molecule has 1 aromatic carbocycles. The number of hydrogen-bond acceptors (Lipinski definition) is 2. The number of anilines is 1. The molecule has 2 N–H and O–H groups in total. The molecule has 122 valence electrons. The van der Waals surface area contributed by atoms with Crippen LogP contribution < -0.4 is 10.6 Å². The molecule has 21 heavy (non-hydrogen) atoms. The molecule has 1 aromatic rings. The van der Waals surface area contributed by atoms with Gasteiger partial charge in [0.25, 0.3) is 0 Å². The Hall–Kier alpha value is -0.650. The van der Waals surface area contributed by atoms with E-state index >= 15 is 0 Å². The summed E-state index contributed by atoms with van der Waals surface area (Å²) >= 11 is 0. The summed E-state index contributed by atoms with van der Waals surface area (Å²) in [7, 11) is 0. The lowest BCUT2D eigenvalue weighted by molar-refractivity contribution is -0.137. The van der Waals surface area contributed by atoms with Crippen molar-refractivity contribution in [2.45, 2.75) is 32.5 Å². The number of benzene rings is 1. The van der Waals surface area contributed by atoms with E-state index in [1.807, 2.05) is 0 Å². The third-order valence-electron chi connectivity index (χ3n) is 3.75. The lowest BCUT2D eigenvalue weighted by atomic mass is 9.97. The van der Waals surface area contributed by atoms with Crippen LogP contribution in [0.25, 0.3) is 0 Å². The van der Waals surface area contributed by atoms with E-state index in [0.29, 0.717) is 11.5 Å². The maximum absolute atomic E-state index is 12.7. The zero-order valence-electron chi connectivity index (χ0n) is 11.8. The van der Waals surface area contributed by atoms with E-state index in [9.17, 15) is 13.2 Å². The van der Waals surface area contributed by atoms with Crippen molar-refractivity contribution in [3.8, 4) is 0 Å². The summed E-state index contributed by atoms with van der Waals surface area (Å²) in [6, 6.07) is 3.88. The van der Waals surface area contributed by atoms with Crippen LogP contribution in [0.4, 0.5) is 18.9 Å². The molecule has 0 amide bonds. The first-order chi connectivity index (χ1) is 8.91. The van der Waals surface area contributed by atoms with E-state index in [1.165, 1.54) is 6.07 Å². The minimum atomic E-state index is -4.31. The highest BCUT2D eigenvalue weighted by Gasteiger charge is 2.31. The van der Waals surface area contributed by atoms with E-state index in [-0.39, 0.29) is 31.4 Å². The van der Waals surface area contributed by atoms with Gasteiger partial charge in [-0.15, -0.1) is 24.8 Å². The standard InChI is InChI=1S/C14H19F3N2.2ClH/c1-10-4-6-19(7-5-10)13-3-2-12(14(15,16)17)8-11(13)9-18;;/h2-3,8,10H,4-7,9,18H2,1H3;2*1H. The highest BCUT2D eigenvalue weighted by Crippen LogP contribution is 2.33. The quantitative estimate of drug-likeness (QED) is 0.869.